The minimum absolute atomic E-state index is 0.0565. The Labute approximate surface area is 120 Å². The van der Waals surface area contributed by atoms with Gasteiger partial charge in [0.05, 0.1) is 11.6 Å². The largest absolute Gasteiger partial charge is 0.476 e. The number of aromatic carboxylic acids is 1. The third-order valence-corrected chi connectivity index (χ3v) is 3.80. The van der Waals surface area contributed by atoms with Crippen molar-refractivity contribution in [3.8, 4) is 0 Å². The molecular formula is C12H17N3O4S. The van der Waals surface area contributed by atoms with E-state index >= 15 is 0 Å². The van der Waals surface area contributed by atoms with Crippen molar-refractivity contribution in [1.29, 1.82) is 0 Å². The molecule has 2 amide bonds. The molecule has 1 fully saturated rings. The number of carbonyl (C=O) groups is 2. The van der Waals surface area contributed by atoms with Crippen molar-refractivity contribution in [2.75, 3.05) is 32.8 Å². The van der Waals surface area contributed by atoms with Crippen molar-refractivity contribution in [1.82, 2.24) is 15.2 Å². The number of carboxylic acids is 1. The molecule has 0 aromatic carbocycles. The Balaban J connectivity index is 1.74. The van der Waals surface area contributed by atoms with Crippen LogP contribution in [-0.2, 0) is 11.2 Å². The van der Waals surface area contributed by atoms with E-state index in [0.717, 1.165) is 6.42 Å². The molecule has 0 unspecified atom stereocenters. The molecule has 1 aromatic heterocycles. The highest BCUT2D eigenvalue weighted by Gasteiger charge is 2.15. The first kappa shape index (κ1) is 14.7. The second-order valence-electron chi connectivity index (χ2n) is 4.37. The lowest BCUT2D eigenvalue weighted by Gasteiger charge is -2.19. The summed E-state index contributed by atoms with van der Waals surface area (Å²) in [5.74, 6) is -1.03. The van der Waals surface area contributed by atoms with Gasteiger partial charge in [-0.05, 0) is 6.42 Å². The van der Waals surface area contributed by atoms with Gasteiger partial charge in [0.15, 0.2) is 5.69 Å². The molecule has 1 saturated heterocycles. The van der Waals surface area contributed by atoms with Gasteiger partial charge in [0, 0.05) is 38.0 Å². The number of thiazole rings is 1. The zero-order valence-electron chi connectivity index (χ0n) is 11.0. The van der Waals surface area contributed by atoms with Gasteiger partial charge in [0.1, 0.15) is 0 Å². The third-order valence-electron chi connectivity index (χ3n) is 2.90. The zero-order valence-corrected chi connectivity index (χ0v) is 11.8. The maximum Gasteiger partial charge on any atom is 0.355 e. The van der Waals surface area contributed by atoms with Crippen LogP contribution in [-0.4, -0.2) is 59.8 Å². The summed E-state index contributed by atoms with van der Waals surface area (Å²) < 4.78 is 5.29. The Morgan fingerprint density at radius 2 is 2.30 bits per heavy atom. The van der Waals surface area contributed by atoms with E-state index in [2.05, 4.69) is 10.3 Å². The minimum Gasteiger partial charge on any atom is -0.476 e. The molecule has 0 aliphatic carbocycles. The van der Waals surface area contributed by atoms with Crippen LogP contribution in [0.5, 0.6) is 0 Å². The van der Waals surface area contributed by atoms with Crippen LogP contribution < -0.4 is 5.32 Å². The average Bonchev–Trinajstić information content (AvgIpc) is 2.73. The van der Waals surface area contributed by atoms with E-state index in [1.165, 1.54) is 16.7 Å². The highest BCUT2D eigenvalue weighted by molar-refractivity contribution is 7.09. The summed E-state index contributed by atoms with van der Waals surface area (Å²) in [4.78, 5) is 28.3. The van der Waals surface area contributed by atoms with Crippen LogP contribution in [0.3, 0.4) is 0 Å². The molecule has 1 aliphatic heterocycles. The fourth-order valence-electron chi connectivity index (χ4n) is 1.86. The predicted octanol–water partition coefficient (Wildman–Crippen LogP) is 0.816. The van der Waals surface area contributed by atoms with Crippen molar-refractivity contribution in [2.24, 2.45) is 0 Å². The van der Waals surface area contributed by atoms with E-state index in [0.29, 0.717) is 44.3 Å². The molecule has 0 atom stereocenters. The quantitative estimate of drug-likeness (QED) is 0.858. The van der Waals surface area contributed by atoms with E-state index in [1.807, 2.05) is 0 Å². The molecule has 2 rings (SSSR count). The average molecular weight is 299 g/mol. The Morgan fingerprint density at radius 1 is 1.45 bits per heavy atom. The van der Waals surface area contributed by atoms with Crippen LogP contribution in [0.4, 0.5) is 4.79 Å². The molecule has 110 valence electrons. The Kier molecular flexibility index (Phi) is 5.31. The van der Waals surface area contributed by atoms with Crippen LogP contribution in [0, 0.1) is 0 Å². The SMILES string of the molecule is O=C(O)c1csc(CCNC(=O)N2CCCOCC2)n1. The number of ether oxygens (including phenoxy) is 1. The van der Waals surface area contributed by atoms with Gasteiger partial charge in [-0.1, -0.05) is 0 Å². The molecule has 0 bridgehead atoms. The first-order valence-corrected chi connectivity index (χ1v) is 7.33. The molecular weight excluding hydrogens is 282 g/mol. The normalized spacial score (nSPS) is 15.7. The fraction of sp³-hybridized carbons (Fsp3) is 0.583. The molecule has 2 N–H and O–H groups in total. The van der Waals surface area contributed by atoms with Gasteiger partial charge in [-0.25, -0.2) is 14.6 Å². The number of nitrogens with zero attached hydrogens (tertiary/aromatic N) is 2. The van der Waals surface area contributed by atoms with Crippen LogP contribution in [0.1, 0.15) is 21.9 Å². The maximum atomic E-state index is 11.9. The van der Waals surface area contributed by atoms with Crippen molar-refractivity contribution < 1.29 is 19.4 Å². The highest BCUT2D eigenvalue weighted by atomic mass is 32.1. The van der Waals surface area contributed by atoms with E-state index in [-0.39, 0.29) is 11.7 Å². The molecule has 0 radical (unpaired) electrons. The van der Waals surface area contributed by atoms with Crippen molar-refractivity contribution in [3.63, 3.8) is 0 Å². The van der Waals surface area contributed by atoms with Gasteiger partial charge in [-0.2, -0.15) is 0 Å². The molecule has 8 heteroatoms. The predicted molar refractivity (Wildman–Crippen MR) is 73.2 cm³/mol. The number of hydrogen-bond donors (Lipinski definition) is 2. The van der Waals surface area contributed by atoms with Crippen molar-refractivity contribution >= 4 is 23.3 Å². The molecule has 1 aliphatic rings. The third kappa shape index (κ3) is 4.17. The second-order valence-corrected chi connectivity index (χ2v) is 5.31. The summed E-state index contributed by atoms with van der Waals surface area (Å²) in [5.41, 5.74) is 0.0565. The Morgan fingerprint density at radius 3 is 3.05 bits per heavy atom. The molecule has 1 aromatic rings. The summed E-state index contributed by atoms with van der Waals surface area (Å²) in [6.45, 7) is 3.02. The number of aromatic nitrogens is 1. The van der Waals surface area contributed by atoms with E-state index < -0.39 is 5.97 Å². The van der Waals surface area contributed by atoms with Crippen LogP contribution in [0.15, 0.2) is 5.38 Å². The zero-order chi connectivity index (χ0) is 14.4. The summed E-state index contributed by atoms with van der Waals surface area (Å²) in [6.07, 6.45) is 1.38. The number of hydrogen-bond acceptors (Lipinski definition) is 5. The monoisotopic (exact) mass is 299 g/mol. The second kappa shape index (κ2) is 7.20. The lowest BCUT2D eigenvalue weighted by molar-refractivity contribution is 0.0691. The van der Waals surface area contributed by atoms with Crippen LogP contribution >= 0.6 is 11.3 Å². The number of carbonyl (C=O) groups excluding carboxylic acids is 1. The van der Waals surface area contributed by atoms with Gasteiger partial charge >= 0.3 is 12.0 Å². The van der Waals surface area contributed by atoms with Crippen molar-refractivity contribution in [3.05, 3.63) is 16.1 Å². The first-order chi connectivity index (χ1) is 9.66. The number of nitrogens with one attached hydrogen (secondary N) is 1. The number of rotatable bonds is 4. The highest BCUT2D eigenvalue weighted by Crippen LogP contribution is 2.10. The van der Waals surface area contributed by atoms with Gasteiger partial charge in [0.2, 0.25) is 0 Å². The van der Waals surface area contributed by atoms with Gasteiger partial charge in [-0.3, -0.25) is 0 Å². The molecule has 0 spiro atoms. The van der Waals surface area contributed by atoms with Gasteiger partial charge < -0.3 is 20.1 Å². The Bertz CT molecular complexity index is 469. The van der Waals surface area contributed by atoms with Crippen LogP contribution in [0.25, 0.3) is 0 Å². The molecule has 2 heterocycles. The summed E-state index contributed by atoms with van der Waals surface area (Å²) in [7, 11) is 0. The topological polar surface area (TPSA) is 91.8 Å². The first-order valence-electron chi connectivity index (χ1n) is 6.45. The standard InChI is InChI=1S/C12H17N3O4S/c16-11(17)9-8-20-10(14-9)2-3-13-12(18)15-4-1-6-19-7-5-15/h8H,1-7H2,(H,13,18)(H,16,17). The fourth-order valence-corrected chi connectivity index (χ4v) is 2.63. The van der Waals surface area contributed by atoms with E-state index in [4.69, 9.17) is 9.84 Å². The smallest absolute Gasteiger partial charge is 0.355 e. The summed E-state index contributed by atoms with van der Waals surface area (Å²) in [6, 6.07) is -0.106. The summed E-state index contributed by atoms with van der Waals surface area (Å²) >= 11 is 1.29. The minimum atomic E-state index is -1.03. The van der Waals surface area contributed by atoms with Gasteiger partial charge in [0.25, 0.3) is 0 Å². The van der Waals surface area contributed by atoms with Gasteiger partial charge in [-0.15, -0.1) is 11.3 Å². The Hall–Kier alpha value is -1.67. The number of amides is 2. The van der Waals surface area contributed by atoms with Crippen molar-refractivity contribution in [2.45, 2.75) is 12.8 Å². The number of carboxylic acid groups (broad SMARTS) is 1. The lowest BCUT2D eigenvalue weighted by atomic mass is 10.4. The molecule has 7 nitrogen and oxygen atoms in total. The summed E-state index contributed by atoms with van der Waals surface area (Å²) in [5, 5.41) is 13.8. The van der Waals surface area contributed by atoms with Crippen LogP contribution in [0.2, 0.25) is 0 Å². The van der Waals surface area contributed by atoms with E-state index in [1.54, 1.807) is 4.90 Å². The maximum absolute atomic E-state index is 11.9. The molecule has 20 heavy (non-hydrogen) atoms. The lowest BCUT2D eigenvalue weighted by Crippen LogP contribution is -2.42. The molecule has 0 saturated carbocycles. The number of urea groups is 1. The van der Waals surface area contributed by atoms with E-state index in [9.17, 15) is 9.59 Å².